The molecule has 0 atom stereocenters. The summed E-state index contributed by atoms with van der Waals surface area (Å²) in [6, 6.07) is 42.0. The molecule has 0 aliphatic rings. The van der Waals surface area contributed by atoms with Crippen LogP contribution >= 0.6 is 15.8 Å². The van der Waals surface area contributed by atoms with Gasteiger partial charge in [0, 0.05) is 0 Å². The third-order valence-corrected chi connectivity index (χ3v) is 13.4. The van der Waals surface area contributed by atoms with Crippen LogP contribution in [0.4, 0.5) is 0 Å². The molecule has 0 radical (unpaired) electrons. The fraction of sp³-hybridized carbons (Fsp3) is 0.250. The SMILES string of the molecule is Cc1cc(C)cc(P(c2cc(C)cc(C)c2)c2cc(C)cc(C)c2)c1.Cc1cc(C)cc(P(c2cc(C)cc(C)c2)c2cc(C)cc(C)c2)c1.O=[N+]([O-])[O-].[Cu+]. The molecule has 0 bridgehead atoms. The first-order valence-corrected chi connectivity index (χ1v) is 21.0. The number of hydrogen-bond donors (Lipinski definition) is 0. The summed E-state index contributed by atoms with van der Waals surface area (Å²) in [5.74, 6) is 0. The van der Waals surface area contributed by atoms with Crippen LogP contribution < -0.4 is 31.8 Å². The number of rotatable bonds is 6. The van der Waals surface area contributed by atoms with E-state index in [9.17, 15) is 0 Å². The largest absolute Gasteiger partial charge is 1.00 e. The number of nitrogens with zero attached hydrogens (tertiary/aromatic N) is 1. The molecule has 0 saturated carbocycles. The van der Waals surface area contributed by atoms with Crippen molar-refractivity contribution in [3.63, 3.8) is 0 Å². The maximum Gasteiger partial charge on any atom is 1.00 e. The average molecular weight is 818 g/mol. The monoisotopic (exact) mass is 817 g/mol. The van der Waals surface area contributed by atoms with Gasteiger partial charge in [-0.25, -0.2) is 0 Å². The minimum atomic E-state index is -1.75. The summed E-state index contributed by atoms with van der Waals surface area (Å²) in [5, 5.41) is 23.4. The molecule has 0 aromatic heterocycles. The smallest absolute Gasteiger partial charge is 0.356 e. The van der Waals surface area contributed by atoms with Crippen molar-refractivity contribution in [1.29, 1.82) is 0 Å². The van der Waals surface area contributed by atoms with Crippen molar-refractivity contribution in [1.82, 2.24) is 0 Å². The van der Waals surface area contributed by atoms with Gasteiger partial charge in [-0.2, -0.15) is 0 Å². The molecule has 0 aliphatic heterocycles. The van der Waals surface area contributed by atoms with Gasteiger partial charge in [-0.3, -0.25) is 0 Å². The second-order valence-electron chi connectivity index (χ2n) is 15.0. The van der Waals surface area contributed by atoms with Crippen LogP contribution in [0, 0.1) is 98.4 Å². The van der Waals surface area contributed by atoms with Crippen LogP contribution in [0.3, 0.4) is 0 Å². The number of aryl methyl sites for hydroxylation is 12. The van der Waals surface area contributed by atoms with E-state index < -0.39 is 20.9 Å². The van der Waals surface area contributed by atoms with E-state index in [1.54, 1.807) is 0 Å². The zero-order valence-corrected chi connectivity index (χ0v) is 37.0. The van der Waals surface area contributed by atoms with E-state index in [1.165, 1.54) is 98.6 Å². The Morgan fingerprint density at radius 2 is 0.382 bits per heavy atom. The summed E-state index contributed by atoms with van der Waals surface area (Å²) < 4.78 is 0. The molecular weight excluding hydrogens is 764 g/mol. The van der Waals surface area contributed by atoms with E-state index in [2.05, 4.69) is 192 Å². The molecule has 0 aliphatic carbocycles. The molecule has 0 unspecified atom stereocenters. The number of hydrogen-bond acceptors (Lipinski definition) is 3. The molecule has 7 heteroatoms. The van der Waals surface area contributed by atoms with Crippen LogP contribution in [0.5, 0.6) is 0 Å². The maximum atomic E-state index is 8.25. The second-order valence-corrected chi connectivity index (χ2v) is 19.4. The quantitative estimate of drug-likeness (QED) is 0.0728. The van der Waals surface area contributed by atoms with Crippen LogP contribution in [0.15, 0.2) is 109 Å². The standard InChI is InChI=1S/2C24H27P.Cu.NO3/c2*1-16-7-17(2)11-22(10-16)25(23-12-18(3)8-19(4)13-23)24-14-20(5)9-21(6)15-24;;2-1(3)4/h2*7-15H,1-6H3;;/q;;+1;-1. The summed E-state index contributed by atoms with van der Waals surface area (Å²) in [5.41, 5.74) is 16.1. The van der Waals surface area contributed by atoms with Gasteiger partial charge in [0.15, 0.2) is 0 Å². The molecule has 6 aromatic carbocycles. The summed E-state index contributed by atoms with van der Waals surface area (Å²) in [6.07, 6.45) is 0. The molecule has 0 spiro atoms. The van der Waals surface area contributed by atoms with Gasteiger partial charge >= 0.3 is 17.1 Å². The Morgan fingerprint density at radius 1 is 0.291 bits per heavy atom. The third kappa shape index (κ3) is 13.6. The summed E-state index contributed by atoms with van der Waals surface area (Å²) >= 11 is 0. The van der Waals surface area contributed by atoms with Gasteiger partial charge < -0.3 is 15.3 Å². The van der Waals surface area contributed by atoms with Gasteiger partial charge in [-0.05, 0) is 131 Å². The Morgan fingerprint density at radius 3 is 0.473 bits per heavy atom. The molecule has 290 valence electrons. The van der Waals surface area contributed by atoms with E-state index in [4.69, 9.17) is 15.3 Å². The van der Waals surface area contributed by atoms with E-state index in [0.29, 0.717) is 0 Å². The predicted molar refractivity (Wildman–Crippen MR) is 238 cm³/mol. The van der Waals surface area contributed by atoms with E-state index >= 15 is 0 Å². The Bertz CT molecular complexity index is 1760. The van der Waals surface area contributed by atoms with Gasteiger partial charge in [0.2, 0.25) is 0 Å². The third-order valence-electron chi connectivity index (χ3n) is 8.79. The normalized spacial score (nSPS) is 10.6. The predicted octanol–water partition coefficient (Wildman–Crippen LogP) is 10.3. The number of benzene rings is 6. The molecule has 6 aromatic rings. The van der Waals surface area contributed by atoms with Crippen LogP contribution in [-0.2, 0) is 17.1 Å². The van der Waals surface area contributed by atoms with Crippen LogP contribution in [-0.4, -0.2) is 5.09 Å². The van der Waals surface area contributed by atoms with E-state index in [1.807, 2.05) is 0 Å². The molecule has 0 heterocycles. The first kappa shape index (κ1) is 45.3. The summed E-state index contributed by atoms with van der Waals surface area (Å²) in [7, 11) is -1.09. The molecule has 55 heavy (non-hydrogen) atoms. The summed E-state index contributed by atoms with van der Waals surface area (Å²) in [4.78, 5) is 8.25. The van der Waals surface area contributed by atoms with Crippen molar-refractivity contribution in [2.45, 2.75) is 83.1 Å². The Balaban J connectivity index is 0.000000265. The molecule has 6 rings (SSSR count). The Labute approximate surface area is 342 Å². The minimum absolute atomic E-state index is 0. The van der Waals surface area contributed by atoms with Gasteiger partial charge in [0.25, 0.3) is 0 Å². The fourth-order valence-corrected chi connectivity index (χ4v) is 13.2. The van der Waals surface area contributed by atoms with Crippen molar-refractivity contribution in [2.24, 2.45) is 0 Å². The van der Waals surface area contributed by atoms with Gasteiger partial charge in [0.1, 0.15) is 0 Å². The van der Waals surface area contributed by atoms with Crippen LogP contribution in [0.25, 0.3) is 0 Å². The molecule has 0 fully saturated rings. The van der Waals surface area contributed by atoms with Gasteiger partial charge in [-0.1, -0.05) is 176 Å². The molecule has 4 nitrogen and oxygen atoms in total. The second kappa shape index (κ2) is 20.2. The van der Waals surface area contributed by atoms with Crippen molar-refractivity contribution in [3.05, 3.63) is 191 Å². The van der Waals surface area contributed by atoms with Crippen molar-refractivity contribution in [2.75, 3.05) is 0 Å². The minimum Gasteiger partial charge on any atom is -0.356 e. The van der Waals surface area contributed by atoms with Crippen LogP contribution in [0.2, 0.25) is 0 Å². The Hall–Kier alpha value is -4.10. The average Bonchev–Trinajstić information content (AvgIpc) is 2.99. The summed E-state index contributed by atoms with van der Waals surface area (Å²) in [6.45, 7) is 26.4. The molecule has 0 N–H and O–H groups in total. The van der Waals surface area contributed by atoms with E-state index in [0.717, 1.165) is 0 Å². The van der Waals surface area contributed by atoms with Crippen molar-refractivity contribution >= 4 is 47.7 Å². The first-order valence-electron chi connectivity index (χ1n) is 18.3. The zero-order valence-electron chi connectivity index (χ0n) is 34.3. The molecule has 0 amide bonds. The topological polar surface area (TPSA) is 66.2 Å². The van der Waals surface area contributed by atoms with Gasteiger partial charge in [-0.15, -0.1) is 0 Å². The fourth-order valence-electron chi connectivity index (χ4n) is 7.37. The zero-order chi connectivity index (χ0) is 39.9. The first-order chi connectivity index (χ1) is 25.4. The molecular formula is C48H54CuNO3P2. The van der Waals surface area contributed by atoms with Crippen LogP contribution in [0.1, 0.15) is 66.8 Å². The van der Waals surface area contributed by atoms with Crippen molar-refractivity contribution in [3.8, 4) is 0 Å². The maximum absolute atomic E-state index is 8.25. The Kier molecular flexibility index (Phi) is 16.6. The molecule has 0 saturated heterocycles. The van der Waals surface area contributed by atoms with E-state index in [-0.39, 0.29) is 17.1 Å². The van der Waals surface area contributed by atoms with Crippen molar-refractivity contribution < 1.29 is 22.2 Å². The van der Waals surface area contributed by atoms with Gasteiger partial charge in [0.05, 0.1) is 5.09 Å².